The van der Waals surface area contributed by atoms with Crippen LogP contribution in [0.3, 0.4) is 0 Å². The molecule has 0 aromatic carbocycles. The molecule has 0 spiro atoms. The lowest BCUT2D eigenvalue weighted by Gasteiger charge is -2.02. The fraction of sp³-hybridized carbons (Fsp3) is 0.222. The molecule has 0 unspecified atom stereocenters. The molecule has 2 aromatic heterocycles. The Morgan fingerprint density at radius 1 is 1.67 bits per heavy atom. The number of nitrogens with two attached hydrogens (primary N) is 1. The molecule has 78 valence electrons. The number of ketones is 1. The van der Waals surface area contributed by atoms with Crippen LogP contribution in [0.4, 0.5) is 5.82 Å². The van der Waals surface area contributed by atoms with Gasteiger partial charge >= 0.3 is 0 Å². The minimum atomic E-state index is -0.215. The lowest BCUT2D eigenvalue weighted by Crippen LogP contribution is -2.11. The quantitative estimate of drug-likeness (QED) is 0.711. The van der Waals surface area contributed by atoms with Crippen molar-refractivity contribution in [2.75, 3.05) is 5.73 Å². The van der Waals surface area contributed by atoms with Crippen LogP contribution in [-0.4, -0.2) is 25.5 Å². The number of H-pyrrole nitrogens is 1. The molecule has 0 saturated carbocycles. The van der Waals surface area contributed by atoms with Crippen molar-refractivity contribution in [3.63, 3.8) is 0 Å². The van der Waals surface area contributed by atoms with Crippen molar-refractivity contribution >= 4 is 11.6 Å². The number of nitrogens with one attached hydrogen (secondary N) is 1. The zero-order valence-electron chi connectivity index (χ0n) is 8.27. The number of imidazole rings is 1. The summed E-state index contributed by atoms with van der Waals surface area (Å²) in [5.74, 6) is 0.435. The van der Waals surface area contributed by atoms with Crippen LogP contribution in [0.15, 0.2) is 18.6 Å². The van der Waals surface area contributed by atoms with Crippen LogP contribution in [-0.2, 0) is 6.54 Å². The monoisotopic (exact) mass is 205 g/mol. The van der Waals surface area contributed by atoms with Crippen LogP contribution in [0.1, 0.15) is 23.1 Å². The lowest BCUT2D eigenvalue weighted by atomic mass is 10.2. The summed E-state index contributed by atoms with van der Waals surface area (Å²) in [5, 5.41) is 6.22. The second kappa shape index (κ2) is 3.56. The molecule has 0 fully saturated rings. The van der Waals surface area contributed by atoms with Gasteiger partial charge in [0, 0.05) is 18.9 Å². The standard InChI is InChI=1S/C9H11N5O/c1-2-14-4-3-11-9(14)7(15)6-5-12-13-8(6)10/h3-5H,2H2,1H3,(H3,10,12,13). The number of anilines is 1. The van der Waals surface area contributed by atoms with Gasteiger partial charge in [0.25, 0.3) is 0 Å². The molecule has 2 rings (SSSR count). The van der Waals surface area contributed by atoms with E-state index >= 15 is 0 Å². The predicted octanol–water partition coefficient (Wildman–Crippen LogP) is 0.439. The number of hydrogen-bond acceptors (Lipinski definition) is 4. The Labute approximate surface area is 86.1 Å². The van der Waals surface area contributed by atoms with Crippen LogP contribution in [0.5, 0.6) is 0 Å². The van der Waals surface area contributed by atoms with Crippen molar-refractivity contribution in [1.82, 2.24) is 19.7 Å². The highest BCUT2D eigenvalue weighted by molar-refractivity contribution is 6.09. The van der Waals surface area contributed by atoms with Crippen LogP contribution in [0.25, 0.3) is 0 Å². The Kier molecular flexibility index (Phi) is 2.24. The van der Waals surface area contributed by atoms with Crippen LogP contribution in [0, 0.1) is 0 Å². The Morgan fingerprint density at radius 2 is 2.47 bits per heavy atom. The summed E-state index contributed by atoms with van der Waals surface area (Å²) >= 11 is 0. The molecule has 0 amide bonds. The Hall–Kier alpha value is -2.11. The Balaban J connectivity index is 2.41. The summed E-state index contributed by atoms with van der Waals surface area (Å²) in [4.78, 5) is 15.9. The maximum absolute atomic E-state index is 11.9. The second-order valence-electron chi connectivity index (χ2n) is 3.06. The van der Waals surface area contributed by atoms with E-state index in [9.17, 15) is 4.79 Å². The number of nitrogens with zero attached hydrogens (tertiary/aromatic N) is 3. The van der Waals surface area contributed by atoms with E-state index in [-0.39, 0.29) is 11.6 Å². The molecule has 2 heterocycles. The Bertz CT molecular complexity index is 484. The molecule has 15 heavy (non-hydrogen) atoms. The molecule has 0 atom stereocenters. The fourth-order valence-corrected chi connectivity index (χ4v) is 1.37. The highest BCUT2D eigenvalue weighted by Gasteiger charge is 2.18. The summed E-state index contributed by atoms with van der Waals surface area (Å²) < 4.78 is 1.76. The van der Waals surface area contributed by atoms with Gasteiger partial charge in [-0.1, -0.05) is 0 Å². The normalized spacial score (nSPS) is 10.5. The maximum Gasteiger partial charge on any atom is 0.233 e. The third kappa shape index (κ3) is 1.50. The van der Waals surface area contributed by atoms with Crippen LogP contribution >= 0.6 is 0 Å². The predicted molar refractivity (Wildman–Crippen MR) is 54.3 cm³/mol. The first-order valence-corrected chi connectivity index (χ1v) is 4.58. The lowest BCUT2D eigenvalue weighted by molar-refractivity contribution is 0.102. The zero-order valence-corrected chi connectivity index (χ0v) is 8.27. The number of aromatic nitrogens is 4. The van der Waals surface area contributed by atoms with Crippen molar-refractivity contribution < 1.29 is 4.79 Å². The molecule has 0 aliphatic carbocycles. The van der Waals surface area contributed by atoms with E-state index in [1.807, 2.05) is 6.92 Å². The smallest absolute Gasteiger partial charge is 0.233 e. The molecule has 6 heteroatoms. The third-order valence-corrected chi connectivity index (χ3v) is 2.17. The largest absolute Gasteiger partial charge is 0.383 e. The van der Waals surface area contributed by atoms with Gasteiger partial charge in [0.2, 0.25) is 5.78 Å². The number of rotatable bonds is 3. The molecular formula is C9H11N5O. The summed E-state index contributed by atoms with van der Waals surface area (Å²) in [6.07, 6.45) is 4.75. The van der Waals surface area contributed by atoms with Gasteiger partial charge in [-0.2, -0.15) is 5.10 Å². The molecular weight excluding hydrogens is 194 g/mol. The molecule has 0 aliphatic rings. The van der Waals surface area contributed by atoms with Gasteiger partial charge < -0.3 is 10.3 Å². The highest BCUT2D eigenvalue weighted by atomic mass is 16.1. The summed E-state index contributed by atoms with van der Waals surface area (Å²) in [6.45, 7) is 2.63. The van der Waals surface area contributed by atoms with Gasteiger partial charge in [-0.3, -0.25) is 9.89 Å². The maximum atomic E-state index is 11.9. The number of nitrogen functional groups attached to an aromatic ring is 1. The summed E-state index contributed by atoms with van der Waals surface area (Å²) in [6, 6.07) is 0. The van der Waals surface area contributed by atoms with E-state index < -0.39 is 0 Å². The third-order valence-electron chi connectivity index (χ3n) is 2.17. The SMILES string of the molecule is CCn1ccnc1C(=O)c1cn[nH]c1N. The Morgan fingerprint density at radius 3 is 3.07 bits per heavy atom. The average molecular weight is 205 g/mol. The number of carbonyl (C=O) groups excluding carboxylic acids is 1. The first-order valence-electron chi connectivity index (χ1n) is 4.58. The summed E-state index contributed by atoms with van der Waals surface area (Å²) in [7, 11) is 0. The number of aryl methyl sites for hydroxylation is 1. The van der Waals surface area contributed by atoms with Crippen molar-refractivity contribution in [2.24, 2.45) is 0 Å². The van der Waals surface area contributed by atoms with Gasteiger partial charge in [-0.05, 0) is 6.92 Å². The fourth-order valence-electron chi connectivity index (χ4n) is 1.37. The first kappa shape index (κ1) is 9.45. The molecule has 0 bridgehead atoms. The van der Waals surface area contributed by atoms with Gasteiger partial charge in [0.15, 0.2) is 5.82 Å². The van der Waals surface area contributed by atoms with Crippen molar-refractivity contribution in [3.8, 4) is 0 Å². The van der Waals surface area contributed by atoms with Gasteiger partial charge in [-0.15, -0.1) is 0 Å². The molecule has 0 saturated heterocycles. The number of hydrogen-bond donors (Lipinski definition) is 2. The van der Waals surface area contributed by atoms with E-state index in [4.69, 9.17) is 5.73 Å². The number of carbonyl (C=O) groups is 1. The van der Waals surface area contributed by atoms with E-state index in [0.717, 1.165) is 0 Å². The molecule has 0 radical (unpaired) electrons. The van der Waals surface area contributed by atoms with Crippen molar-refractivity contribution in [2.45, 2.75) is 13.5 Å². The average Bonchev–Trinajstić information content (AvgIpc) is 2.84. The minimum Gasteiger partial charge on any atom is -0.383 e. The summed E-state index contributed by atoms with van der Waals surface area (Å²) in [5.41, 5.74) is 5.92. The molecule has 3 N–H and O–H groups in total. The first-order chi connectivity index (χ1) is 7.24. The van der Waals surface area contributed by atoms with Crippen molar-refractivity contribution in [3.05, 3.63) is 30.0 Å². The number of aromatic amines is 1. The van der Waals surface area contributed by atoms with Crippen molar-refractivity contribution in [1.29, 1.82) is 0 Å². The van der Waals surface area contributed by atoms with Crippen LogP contribution in [0.2, 0.25) is 0 Å². The van der Waals surface area contributed by atoms with E-state index in [1.165, 1.54) is 6.20 Å². The molecule has 6 nitrogen and oxygen atoms in total. The van der Waals surface area contributed by atoms with Gasteiger partial charge in [0.05, 0.1) is 11.8 Å². The second-order valence-corrected chi connectivity index (χ2v) is 3.06. The van der Waals surface area contributed by atoms with E-state index in [2.05, 4.69) is 15.2 Å². The van der Waals surface area contributed by atoms with E-state index in [0.29, 0.717) is 17.9 Å². The van der Waals surface area contributed by atoms with Gasteiger partial charge in [0.1, 0.15) is 5.82 Å². The molecule has 0 aliphatic heterocycles. The van der Waals surface area contributed by atoms with Crippen LogP contribution < -0.4 is 5.73 Å². The molecule has 2 aromatic rings. The topological polar surface area (TPSA) is 89.6 Å². The zero-order chi connectivity index (χ0) is 10.8. The minimum absolute atomic E-state index is 0.215. The van der Waals surface area contributed by atoms with E-state index in [1.54, 1.807) is 17.0 Å². The van der Waals surface area contributed by atoms with Gasteiger partial charge in [-0.25, -0.2) is 4.98 Å². The highest BCUT2D eigenvalue weighted by Crippen LogP contribution is 2.12.